The number of phenols is 1. The van der Waals surface area contributed by atoms with Gasteiger partial charge >= 0.3 is 0 Å². The Balaban J connectivity index is 2.89. The molecule has 1 aromatic carbocycles. The first-order valence-corrected chi connectivity index (χ1v) is 5.07. The SMILES string of the molecule is CC(C)(c1ccc(O)cc1)C(O)CCO. The topological polar surface area (TPSA) is 60.7 Å². The van der Waals surface area contributed by atoms with E-state index < -0.39 is 11.5 Å². The molecule has 0 bridgehead atoms. The fourth-order valence-corrected chi connectivity index (χ4v) is 1.57. The Hall–Kier alpha value is -1.06. The average Bonchev–Trinajstić information content (AvgIpc) is 2.18. The summed E-state index contributed by atoms with van der Waals surface area (Å²) in [6.07, 6.45) is -0.236. The van der Waals surface area contributed by atoms with Gasteiger partial charge in [0.25, 0.3) is 0 Å². The van der Waals surface area contributed by atoms with Crippen LogP contribution >= 0.6 is 0 Å². The lowest BCUT2D eigenvalue weighted by Crippen LogP contribution is -2.34. The lowest BCUT2D eigenvalue weighted by Gasteiger charge is -2.30. The van der Waals surface area contributed by atoms with Crippen LogP contribution in [0.15, 0.2) is 24.3 Å². The molecule has 1 aromatic rings. The summed E-state index contributed by atoms with van der Waals surface area (Å²) in [7, 11) is 0. The molecule has 0 amide bonds. The van der Waals surface area contributed by atoms with E-state index in [2.05, 4.69) is 0 Å². The summed E-state index contributed by atoms with van der Waals surface area (Å²) in [6.45, 7) is 3.81. The van der Waals surface area contributed by atoms with Crippen molar-refractivity contribution < 1.29 is 15.3 Å². The second kappa shape index (κ2) is 4.64. The molecule has 0 aromatic heterocycles. The number of hydrogen-bond donors (Lipinski definition) is 3. The number of rotatable bonds is 4. The smallest absolute Gasteiger partial charge is 0.115 e. The molecule has 0 radical (unpaired) electrons. The molecule has 1 rings (SSSR count). The molecule has 0 saturated heterocycles. The summed E-state index contributed by atoms with van der Waals surface area (Å²) in [4.78, 5) is 0. The van der Waals surface area contributed by atoms with E-state index in [4.69, 9.17) is 10.2 Å². The van der Waals surface area contributed by atoms with Gasteiger partial charge in [0.05, 0.1) is 6.10 Å². The van der Waals surface area contributed by atoms with Crippen molar-refractivity contribution in [1.82, 2.24) is 0 Å². The minimum Gasteiger partial charge on any atom is -0.508 e. The zero-order valence-electron chi connectivity index (χ0n) is 9.14. The molecule has 1 atom stereocenters. The van der Waals surface area contributed by atoms with E-state index in [9.17, 15) is 5.11 Å². The van der Waals surface area contributed by atoms with E-state index in [-0.39, 0.29) is 12.4 Å². The largest absolute Gasteiger partial charge is 0.508 e. The molecule has 0 spiro atoms. The highest BCUT2D eigenvalue weighted by Gasteiger charge is 2.29. The highest BCUT2D eigenvalue weighted by molar-refractivity contribution is 5.31. The first-order valence-electron chi connectivity index (χ1n) is 5.07. The summed E-state index contributed by atoms with van der Waals surface area (Å²) in [6, 6.07) is 6.78. The van der Waals surface area contributed by atoms with Crippen molar-refractivity contribution in [2.45, 2.75) is 31.8 Å². The van der Waals surface area contributed by atoms with Crippen LogP contribution in [0.2, 0.25) is 0 Å². The predicted octanol–water partition coefficient (Wildman–Crippen LogP) is 1.41. The fourth-order valence-electron chi connectivity index (χ4n) is 1.57. The number of phenolic OH excluding ortho intramolecular Hbond substituents is 1. The minimum atomic E-state index is -0.591. The van der Waals surface area contributed by atoms with Gasteiger partial charge in [-0.3, -0.25) is 0 Å². The highest BCUT2D eigenvalue weighted by atomic mass is 16.3. The number of aliphatic hydroxyl groups excluding tert-OH is 2. The Kier molecular flexibility index (Phi) is 3.72. The summed E-state index contributed by atoms with van der Waals surface area (Å²) in [5.74, 6) is 0.214. The first-order chi connectivity index (χ1) is 6.98. The quantitative estimate of drug-likeness (QED) is 0.704. The number of aliphatic hydroxyl groups is 2. The van der Waals surface area contributed by atoms with E-state index in [0.717, 1.165) is 5.56 Å². The molecule has 3 N–H and O–H groups in total. The second-order valence-corrected chi connectivity index (χ2v) is 4.30. The lowest BCUT2D eigenvalue weighted by molar-refractivity contribution is 0.0719. The number of hydrogen-bond acceptors (Lipinski definition) is 3. The van der Waals surface area contributed by atoms with Crippen LogP contribution < -0.4 is 0 Å². The Morgan fingerprint density at radius 2 is 1.73 bits per heavy atom. The van der Waals surface area contributed by atoms with Gasteiger partial charge in [-0.2, -0.15) is 0 Å². The third kappa shape index (κ3) is 2.70. The van der Waals surface area contributed by atoms with Crippen LogP contribution in [0.5, 0.6) is 5.75 Å². The van der Waals surface area contributed by atoms with Crippen LogP contribution in [-0.4, -0.2) is 28.0 Å². The highest BCUT2D eigenvalue weighted by Crippen LogP contribution is 2.29. The molecular formula is C12H18O3. The summed E-state index contributed by atoms with van der Waals surface area (Å²) < 4.78 is 0. The number of aromatic hydroxyl groups is 1. The molecular weight excluding hydrogens is 192 g/mol. The van der Waals surface area contributed by atoms with Crippen molar-refractivity contribution in [3.63, 3.8) is 0 Å². The van der Waals surface area contributed by atoms with Crippen LogP contribution in [0.1, 0.15) is 25.8 Å². The Morgan fingerprint density at radius 1 is 1.20 bits per heavy atom. The molecule has 0 saturated carbocycles. The van der Waals surface area contributed by atoms with Crippen molar-refractivity contribution in [3.05, 3.63) is 29.8 Å². The maximum absolute atomic E-state index is 9.88. The third-order valence-corrected chi connectivity index (χ3v) is 2.85. The van der Waals surface area contributed by atoms with E-state index >= 15 is 0 Å². The van der Waals surface area contributed by atoms with Gasteiger partial charge < -0.3 is 15.3 Å². The maximum Gasteiger partial charge on any atom is 0.115 e. The Morgan fingerprint density at radius 3 is 2.20 bits per heavy atom. The molecule has 0 aliphatic rings. The van der Waals surface area contributed by atoms with E-state index in [1.165, 1.54) is 0 Å². The summed E-state index contributed by atoms with van der Waals surface area (Å²) in [5, 5.41) is 27.8. The molecule has 0 aliphatic carbocycles. The van der Waals surface area contributed by atoms with Gasteiger partial charge in [0.1, 0.15) is 5.75 Å². The minimum absolute atomic E-state index is 0.0251. The monoisotopic (exact) mass is 210 g/mol. The van der Waals surface area contributed by atoms with Crippen molar-refractivity contribution >= 4 is 0 Å². The maximum atomic E-state index is 9.88. The van der Waals surface area contributed by atoms with Crippen molar-refractivity contribution in [2.75, 3.05) is 6.61 Å². The molecule has 0 aliphatic heterocycles. The molecule has 0 fully saturated rings. The van der Waals surface area contributed by atoms with Gasteiger partial charge in [0.2, 0.25) is 0 Å². The van der Waals surface area contributed by atoms with Crippen LogP contribution in [0, 0.1) is 0 Å². The second-order valence-electron chi connectivity index (χ2n) is 4.30. The van der Waals surface area contributed by atoms with Gasteiger partial charge in [0.15, 0.2) is 0 Å². The normalized spacial score (nSPS) is 13.9. The zero-order valence-corrected chi connectivity index (χ0v) is 9.14. The van der Waals surface area contributed by atoms with Crippen molar-refractivity contribution in [2.24, 2.45) is 0 Å². The first kappa shape index (κ1) is 12.0. The molecule has 1 unspecified atom stereocenters. The Bertz CT molecular complexity index is 303. The van der Waals surface area contributed by atoms with Crippen molar-refractivity contribution in [3.8, 4) is 5.75 Å². The third-order valence-electron chi connectivity index (χ3n) is 2.85. The standard InChI is InChI=1S/C12H18O3/c1-12(2,11(15)7-8-13)9-3-5-10(14)6-4-9/h3-6,11,13-15H,7-8H2,1-2H3. The van der Waals surface area contributed by atoms with E-state index in [0.29, 0.717) is 6.42 Å². The van der Waals surface area contributed by atoms with Gasteiger partial charge in [0, 0.05) is 12.0 Å². The molecule has 3 heteroatoms. The van der Waals surface area contributed by atoms with Crippen LogP contribution in [0.25, 0.3) is 0 Å². The van der Waals surface area contributed by atoms with Gasteiger partial charge in [-0.25, -0.2) is 0 Å². The lowest BCUT2D eigenvalue weighted by atomic mass is 9.78. The van der Waals surface area contributed by atoms with Crippen LogP contribution in [0.4, 0.5) is 0 Å². The number of benzene rings is 1. The fraction of sp³-hybridized carbons (Fsp3) is 0.500. The van der Waals surface area contributed by atoms with Gasteiger partial charge in [-0.1, -0.05) is 26.0 Å². The van der Waals surface area contributed by atoms with Gasteiger partial charge in [-0.15, -0.1) is 0 Å². The zero-order chi connectivity index (χ0) is 11.5. The average molecular weight is 210 g/mol. The van der Waals surface area contributed by atoms with Crippen molar-refractivity contribution in [1.29, 1.82) is 0 Å². The van der Waals surface area contributed by atoms with E-state index in [1.54, 1.807) is 24.3 Å². The summed E-state index contributed by atoms with van der Waals surface area (Å²) >= 11 is 0. The molecule has 84 valence electrons. The van der Waals surface area contributed by atoms with Crippen LogP contribution in [0.3, 0.4) is 0 Å². The Labute approximate surface area is 90.0 Å². The predicted molar refractivity (Wildman–Crippen MR) is 58.8 cm³/mol. The van der Waals surface area contributed by atoms with Crippen LogP contribution in [-0.2, 0) is 5.41 Å². The molecule has 15 heavy (non-hydrogen) atoms. The summed E-state index contributed by atoms with van der Waals surface area (Å²) in [5.41, 5.74) is 0.525. The van der Waals surface area contributed by atoms with E-state index in [1.807, 2.05) is 13.8 Å². The molecule has 0 heterocycles. The van der Waals surface area contributed by atoms with Gasteiger partial charge in [-0.05, 0) is 24.1 Å². The molecule has 3 nitrogen and oxygen atoms in total.